The molecule has 2 aromatic carbocycles. The second-order valence-electron chi connectivity index (χ2n) is 5.63. The summed E-state index contributed by atoms with van der Waals surface area (Å²) < 4.78 is 5.33. The molecule has 0 saturated carbocycles. The summed E-state index contributed by atoms with van der Waals surface area (Å²) >= 11 is 0. The van der Waals surface area contributed by atoms with Gasteiger partial charge in [0.1, 0.15) is 17.3 Å². The van der Waals surface area contributed by atoms with Crippen LogP contribution >= 0.6 is 0 Å². The van der Waals surface area contributed by atoms with Crippen LogP contribution in [-0.4, -0.2) is 32.9 Å². The number of benzene rings is 2. The van der Waals surface area contributed by atoms with Gasteiger partial charge in [-0.05, 0) is 35.9 Å². The van der Waals surface area contributed by atoms with E-state index in [0.29, 0.717) is 17.3 Å². The Labute approximate surface area is 141 Å². The number of amidine groups is 1. The third-order valence-corrected chi connectivity index (χ3v) is 3.77. The highest BCUT2D eigenvalue weighted by atomic mass is 16.5. The van der Waals surface area contributed by atoms with Crippen molar-refractivity contribution in [3.63, 3.8) is 0 Å². The Morgan fingerprint density at radius 3 is 2.46 bits per heavy atom. The van der Waals surface area contributed by atoms with E-state index in [0.717, 1.165) is 16.8 Å². The van der Waals surface area contributed by atoms with Gasteiger partial charge in [-0.1, -0.05) is 24.3 Å². The highest BCUT2D eigenvalue weighted by Gasteiger charge is 2.23. The van der Waals surface area contributed by atoms with Crippen molar-refractivity contribution in [2.45, 2.75) is 0 Å². The van der Waals surface area contributed by atoms with Gasteiger partial charge < -0.3 is 15.0 Å². The summed E-state index contributed by atoms with van der Waals surface area (Å²) in [6, 6.07) is 15.4. The maximum absolute atomic E-state index is 12.2. The number of nitrogens with zero attached hydrogens (tertiary/aromatic N) is 2. The van der Waals surface area contributed by atoms with Crippen molar-refractivity contribution in [1.29, 1.82) is 0 Å². The summed E-state index contributed by atoms with van der Waals surface area (Å²) in [7, 11) is 5.57. The lowest BCUT2D eigenvalue weighted by Crippen LogP contribution is -2.25. The van der Waals surface area contributed by atoms with Crippen molar-refractivity contribution in [2.24, 2.45) is 4.99 Å². The number of para-hydroxylation sites is 1. The molecule has 0 spiro atoms. The Balaban J connectivity index is 1.91. The van der Waals surface area contributed by atoms with E-state index in [9.17, 15) is 4.79 Å². The maximum atomic E-state index is 12.2. The molecule has 0 saturated heterocycles. The summed E-state index contributed by atoms with van der Waals surface area (Å²) in [6.45, 7) is 0. The summed E-state index contributed by atoms with van der Waals surface area (Å²) in [6.07, 6.45) is 1.77. The van der Waals surface area contributed by atoms with Gasteiger partial charge >= 0.3 is 0 Å². The number of amides is 1. The second kappa shape index (κ2) is 6.58. The molecule has 0 fully saturated rings. The van der Waals surface area contributed by atoms with Crippen molar-refractivity contribution in [1.82, 2.24) is 5.32 Å². The van der Waals surface area contributed by atoms with E-state index in [4.69, 9.17) is 4.74 Å². The molecule has 0 atom stereocenters. The molecule has 5 heteroatoms. The second-order valence-corrected chi connectivity index (χ2v) is 5.63. The molecule has 1 aliphatic rings. The predicted octanol–water partition coefficient (Wildman–Crippen LogP) is 2.68. The summed E-state index contributed by atoms with van der Waals surface area (Å²) in [5.41, 5.74) is 3.18. The molecule has 0 radical (unpaired) electrons. The number of rotatable bonds is 4. The number of methoxy groups -OCH3 is 1. The van der Waals surface area contributed by atoms with Crippen LogP contribution in [-0.2, 0) is 4.79 Å². The molecule has 24 heavy (non-hydrogen) atoms. The van der Waals surface area contributed by atoms with Crippen LogP contribution in [0.4, 0.5) is 5.69 Å². The molecule has 1 amide bonds. The Kier molecular flexibility index (Phi) is 4.33. The fraction of sp³-hybridized carbons (Fsp3) is 0.158. The molecule has 122 valence electrons. The van der Waals surface area contributed by atoms with Crippen molar-refractivity contribution in [3.05, 3.63) is 65.4 Å². The Hall–Kier alpha value is -3.08. The first-order chi connectivity index (χ1) is 11.6. The standard InChI is InChI=1S/C19H19N3O2/c1-22(2)14-10-8-13(9-11-14)12-16-19(23)21-18(20-16)15-6-4-5-7-17(15)24-3/h4-12H,1-3H3,(H,20,21,23)/b16-12+. The number of hydrogen-bond acceptors (Lipinski definition) is 4. The monoisotopic (exact) mass is 321 g/mol. The SMILES string of the molecule is COc1ccccc1C1=N/C(=C/c2ccc(N(C)C)cc2)C(=O)N1. The van der Waals surface area contributed by atoms with Gasteiger partial charge in [-0.15, -0.1) is 0 Å². The van der Waals surface area contributed by atoms with Crippen LogP contribution in [0.5, 0.6) is 5.75 Å². The summed E-state index contributed by atoms with van der Waals surface area (Å²) in [5.74, 6) is 0.967. The molecule has 1 aliphatic heterocycles. The molecule has 1 heterocycles. The van der Waals surface area contributed by atoms with Gasteiger partial charge in [-0.2, -0.15) is 0 Å². The van der Waals surface area contributed by atoms with Gasteiger partial charge in [0.25, 0.3) is 5.91 Å². The fourth-order valence-electron chi connectivity index (χ4n) is 2.46. The number of aliphatic imine (C=N–C) groups is 1. The molecule has 2 aromatic rings. The zero-order valence-electron chi connectivity index (χ0n) is 13.9. The van der Waals surface area contributed by atoms with Crippen LogP contribution in [0.25, 0.3) is 6.08 Å². The van der Waals surface area contributed by atoms with E-state index in [1.807, 2.05) is 67.5 Å². The summed E-state index contributed by atoms with van der Waals surface area (Å²) in [5, 5.41) is 2.80. The first-order valence-corrected chi connectivity index (χ1v) is 7.61. The van der Waals surface area contributed by atoms with Gasteiger partial charge in [0, 0.05) is 19.8 Å². The van der Waals surface area contributed by atoms with Crippen LogP contribution in [0, 0.1) is 0 Å². The number of anilines is 1. The maximum Gasteiger partial charge on any atom is 0.275 e. The van der Waals surface area contributed by atoms with E-state index >= 15 is 0 Å². The minimum atomic E-state index is -0.215. The van der Waals surface area contributed by atoms with E-state index in [1.54, 1.807) is 13.2 Å². The zero-order valence-corrected chi connectivity index (χ0v) is 13.9. The van der Waals surface area contributed by atoms with Crippen molar-refractivity contribution < 1.29 is 9.53 Å². The Bertz CT molecular complexity index is 821. The van der Waals surface area contributed by atoms with Crippen LogP contribution < -0.4 is 15.0 Å². The first-order valence-electron chi connectivity index (χ1n) is 7.61. The minimum Gasteiger partial charge on any atom is -0.496 e. The van der Waals surface area contributed by atoms with Crippen molar-refractivity contribution >= 4 is 23.5 Å². The molecular formula is C19H19N3O2. The number of carbonyl (C=O) groups excluding carboxylic acids is 1. The van der Waals surface area contributed by atoms with Gasteiger partial charge in [0.15, 0.2) is 0 Å². The van der Waals surface area contributed by atoms with Gasteiger partial charge in [-0.25, -0.2) is 4.99 Å². The number of hydrogen-bond donors (Lipinski definition) is 1. The smallest absolute Gasteiger partial charge is 0.275 e. The lowest BCUT2D eigenvalue weighted by molar-refractivity contribution is -0.115. The molecule has 3 rings (SSSR count). The van der Waals surface area contributed by atoms with Crippen molar-refractivity contribution in [2.75, 3.05) is 26.1 Å². The highest BCUT2D eigenvalue weighted by Crippen LogP contribution is 2.22. The average molecular weight is 321 g/mol. The molecule has 0 unspecified atom stereocenters. The Morgan fingerprint density at radius 2 is 1.79 bits per heavy atom. The van der Waals surface area contributed by atoms with Crippen LogP contribution in [0.2, 0.25) is 0 Å². The van der Waals surface area contributed by atoms with Crippen LogP contribution in [0.3, 0.4) is 0 Å². The molecule has 0 aliphatic carbocycles. The Morgan fingerprint density at radius 1 is 1.08 bits per heavy atom. The minimum absolute atomic E-state index is 0.215. The lowest BCUT2D eigenvalue weighted by atomic mass is 10.1. The molecule has 0 aromatic heterocycles. The van der Waals surface area contributed by atoms with Crippen LogP contribution in [0.15, 0.2) is 59.2 Å². The van der Waals surface area contributed by atoms with E-state index in [-0.39, 0.29) is 5.91 Å². The molecule has 5 nitrogen and oxygen atoms in total. The number of ether oxygens (including phenoxy) is 1. The van der Waals surface area contributed by atoms with Gasteiger partial charge in [0.05, 0.1) is 12.7 Å². The summed E-state index contributed by atoms with van der Waals surface area (Å²) in [4.78, 5) is 18.6. The van der Waals surface area contributed by atoms with E-state index in [1.165, 1.54) is 0 Å². The van der Waals surface area contributed by atoms with Gasteiger partial charge in [-0.3, -0.25) is 4.79 Å². The highest BCUT2D eigenvalue weighted by molar-refractivity contribution is 6.20. The topological polar surface area (TPSA) is 53.9 Å². The average Bonchev–Trinajstić information content (AvgIpc) is 2.96. The van der Waals surface area contributed by atoms with Crippen LogP contribution in [0.1, 0.15) is 11.1 Å². The fourth-order valence-corrected chi connectivity index (χ4v) is 2.46. The third kappa shape index (κ3) is 3.15. The number of nitrogens with one attached hydrogen (secondary N) is 1. The first kappa shape index (κ1) is 15.8. The third-order valence-electron chi connectivity index (χ3n) is 3.77. The van der Waals surface area contributed by atoms with E-state index in [2.05, 4.69) is 10.3 Å². The largest absolute Gasteiger partial charge is 0.496 e. The lowest BCUT2D eigenvalue weighted by Gasteiger charge is -2.11. The van der Waals surface area contributed by atoms with Gasteiger partial charge in [0.2, 0.25) is 0 Å². The normalized spacial score (nSPS) is 15.2. The zero-order chi connectivity index (χ0) is 17.1. The number of carbonyl (C=O) groups is 1. The van der Waals surface area contributed by atoms with Crippen molar-refractivity contribution in [3.8, 4) is 5.75 Å². The van der Waals surface area contributed by atoms with E-state index < -0.39 is 0 Å². The molecule has 0 bridgehead atoms. The quantitative estimate of drug-likeness (QED) is 0.881. The predicted molar refractivity (Wildman–Crippen MR) is 96.4 cm³/mol. The molecular weight excluding hydrogens is 302 g/mol. The molecule has 1 N–H and O–H groups in total.